The molecule has 1 aliphatic rings. The predicted octanol–water partition coefficient (Wildman–Crippen LogP) is 5.42. The van der Waals surface area contributed by atoms with Gasteiger partial charge in [-0.3, -0.25) is 0 Å². The third-order valence-corrected chi connectivity index (χ3v) is 5.28. The summed E-state index contributed by atoms with van der Waals surface area (Å²) in [6, 6.07) is 9.35. The van der Waals surface area contributed by atoms with Gasteiger partial charge in [0.1, 0.15) is 4.99 Å². The molecule has 2 nitrogen and oxygen atoms in total. The highest BCUT2D eigenvalue weighted by Gasteiger charge is 2.15. The average molecular weight is 383 g/mol. The van der Waals surface area contributed by atoms with Crippen LogP contribution < -0.4 is 10.6 Å². The van der Waals surface area contributed by atoms with Crippen molar-refractivity contribution in [2.75, 3.05) is 13.1 Å². The number of halogens is 1. The first kappa shape index (κ1) is 22.4. The third kappa shape index (κ3) is 9.03. The van der Waals surface area contributed by atoms with Crippen LogP contribution in [-0.4, -0.2) is 24.1 Å². The molecule has 142 valence electrons. The van der Waals surface area contributed by atoms with E-state index in [1.165, 1.54) is 63.4 Å². The van der Waals surface area contributed by atoms with Crippen LogP contribution in [0.3, 0.4) is 0 Å². The first-order valence-corrected chi connectivity index (χ1v) is 10.3. The van der Waals surface area contributed by atoms with Crippen LogP contribution in [0.2, 0.25) is 0 Å². The van der Waals surface area contributed by atoms with Crippen molar-refractivity contribution < 1.29 is 0 Å². The second kappa shape index (κ2) is 13.5. The molecule has 2 N–H and O–H groups in total. The minimum absolute atomic E-state index is 0. The fourth-order valence-corrected chi connectivity index (χ4v) is 3.64. The number of rotatable bonds is 11. The fourth-order valence-electron chi connectivity index (χ4n) is 3.33. The molecule has 0 aromatic heterocycles. The second-order valence-corrected chi connectivity index (χ2v) is 7.49. The average Bonchev–Trinajstić information content (AvgIpc) is 3.11. The Hall–Kier alpha value is -0.640. The van der Waals surface area contributed by atoms with E-state index in [2.05, 4.69) is 41.8 Å². The highest BCUT2D eigenvalue weighted by molar-refractivity contribution is 7.80. The number of thiocarbonyl (C=S) groups is 1. The van der Waals surface area contributed by atoms with Crippen molar-refractivity contribution in [3.63, 3.8) is 0 Å². The molecule has 0 unspecified atom stereocenters. The number of aryl methyl sites for hydroxylation is 1. The van der Waals surface area contributed by atoms with E-state index in [1.807, 2.05) is 0 Å². The molecule has 2 rings (SSSR count). The summed E-state index contributed by atoms with van der Waals surface area (Å²) in [6.07, 6.45) is 13.4. The molecule has 1 fully saturated rings. The van der Waals surface area contributed by atoms with Gasteiger partial charge in [0.15, 0.2) is 0 Å². The Morgan fingerprint density at radius 3 is 2.28 bits per heavy atom. The summed E-state index contributed by atoms with van der Waals surface area (Å²) in [4.78, 5) is 0.891. The number of benzene rings is 1. The number of hydrogen-bond acceptors (Lipinski definition) is 2. The quantitative estimate of drug-likeness (QED) is 0.394. The SMILES string of the molecule is CCCCCCCCCCc1ccc(C(=S)N[C@@H]2CCNC2)cc1.Cl. The third-order valence-electron chi connectivity index (χ3n) is 4.93. The zero-order valence-electron chi connectivity index (χ0n) is 15.7. The van der Waals surface area contributed by atoms with Gasteiger partial charge in [0.25, 0.3) is 0 Å². The van der Waals surface area contributed by atoms with Gasteiger partial charge in [0.05, 0.1) is 0 Å². The molecule has 1 aliphatic heterocycles. The lowest BCUT2D eigenvalue weighted by atomic mass is 10.0. The fraction of sp³-hybridized carbons (Fsp3) is 0.667. The molecule has 4 heteroatoms. The van der Waals surface area contributed by atoms with Gasteiger partial charge in [0.2, 0.25) is 0 Å². The molecule has 0 bridgehead atoms. The molecule has 0 aliphatic carbocycles. The van der Waals surface area contributed by atoms with Crippen LogP contribution >= 0.6 is 24.6 Å². The van der Waals surface area contributed by atoms with Crippen molar-refractivity contribution in [2.24, 2.45) is 0 Å². The van der Waals surface area contributed by atoms with Crippen LogP contribution in [0.5, 0.6) is 0 Å². The lowest BCUT2D eigenvalue weighted by Crippen LogP contribution is -2.35. The molecule has 1 aromatic carbocycles. The smallest absolute Gasteiger partial charge is 0.106 e. The molecule has 1 atom stereocenters. The molecule has 0 spiro atoms. The first-order chi connectivity index (χ1) is 11.8. The summed E-state index contributed by atoms with van der Waals surface area (Å²) >= 11 is 5.53. The minimum Gasteiger partial charge on any atom is -0.372 e. The van der Waals surface area contributed by atoms with Crippen molar-refractivity contribution >= 4 is 29.6 Å². The van der Waals surface area contributed by atoms with Gasteiger partial charge < -0.3 is 10.6 Å². The van der Waals surface area contributed by atoms with E-state index in [9.17, 15) is 0 Å². The van der Waals surface area contributed by atoms with E-state index in [0.29, 0.717) is 6.04 Å². The largest absolute Gasteiger partial charge is 0.372 e. The Bertz CT molecular complexity index is 469. The van der Waals surface area contributed by atoms with Gasteiger partial charge in [-0.1, -0.05) is 88.4 Å². The van der Waals surface area contributed by atoms with Crippen molar-refractivity contribution in [3.8, 4) is 0 Å². The predicted molar refractivity (Wildman–Crippen MR) is 116 cm³/mol. The molecule has 0 amide bonds. The van der Waals surface area contributed by atoms with Crippen LogP contribution in [0.4, 0.5) is 0 Å². The van der Waals surface area contributed by atoms with E-state index in [4.69, 9.17) is 12.2 Å². The van der Waals surface area contributed by atoms with Gasteiger partial charge in [-0.05, 0) is 31.4 Å². The van der Waals surface area contributed by atoms with Crippen molar-refractivity contribution in [1.29, 1.82) is 0 Å². The van der Waals surface area contributed by atoms with Crippen LogP contribution in [0.1, 0.15) is 75.8 Å². The monoisotopic (exact) mass is 382 g/mol. The van der Waals surface area contributed by atoms with E-state index in [0.717, 1.165) is 30.1 Å². The van der Waals surface area contributed by atoms with Crippen molar-refractivity contribution in [1.82, 2.24) is 10.6 Å². The summed E-state index contributed by atoms with van der Waals surface area (Å²) in [5, 5.41) is 6.83. The number of hydrogen-bond donors (Lipinski definition) is 2. The maximum absolute atomic E-state index is 5.53. The van der Waals surface area contributed by atoms with Gasteiger partial charge in [-0.15, -0.1) is 12.4 Å². The number of unbranched alkanes of at least 4 members (excludes halogenated alkanes) is 7. The van der Waals surface area contributed by atoms with Gasteiger partial charge in [0, 0.05) is 18.2 Å². The molecule has 0 radical (unpaired) electrons. The summed E-state index contributed by atoms with van der Waals surface area (Å²) in [6.45, 7) is 4.40. The molecule has 0 saturated carbocycles. The lowest BCUT2D eigenvalue weighted by molar-refractivity contribution is 0.575. The molecular formula is C21H35ClN2S. The number of nitrogens with one attached hydrogen (secondary N) is 2. The van der Waals surface area contributed by atoms with E-state index in [1.54, 1.807) is 0 Å². The van der Waals surface area contributed by atoms with Crippen LogP contribution in [-0.2, 0) is 6.42 Å². The Morgan fingerprint density at radius 1 is 1.04 bits per heavy atom. The molecule has 25 heavy (non-hydrogen) atoms. The van der Waals surface area contributed by atoms with Gasteiger partial charge >= 0.3 is 0 Å². The Labute approximate surface area is 166 Å². The summed E-state index contributed by atoms with van der Waals surface area (Å²) < 4.78 is 0. The summed E-state index contributed by atoms with van der Waals surface area (Å²) in [7, 11) is 0. The molecule has 1 heterocycles. The summed E-state index contributed by atoms with van der Waals surface area (Å²) in [5.41, 5.74) is 2.59. The Morgan fingerprint density at radius 2 is 1.68 bits per heavy atom. The van der Waals surface area contributed by atoms with Gasteiger partial charge in [-0.2, -0.15) is 0 Å². The first-order valence-electron chi connectivity index (χ1n) is 9.90. The normalized spacial score (nSPS) is 16.4. The van der Waals surface area contributed by atoms with Crippen molar-refractivity contribution in [2.45, 2.75) is 77.2 Å². The van der Waals surface area contributed by atoms with E-state index in [-0.39, 0.29) is 12.4 Å². The van der Waals surface area contributed by atoms with Crippen LogP contribution in [0, 0.1) is 0 Å². The molecule has 1 saturated heterocycles. The Balaban J connectivity index is 0.00000312. The zero-order valence-corrected chi connectivity index (χ0v) is 17.3. The van der Waals surface area contributed by atoms with E-state index < -0.39 is 0 Å². The maximum atomic E-state index is 5.53. The molecular weight excluding hydrogens is 348 g/mol. The Kier molecular flexibility index (Phi) is 12.1. The molecule has 1 aromatic rings. The lowest BCUT2D eigenvalue weighted by Gasteiger charge is -2.14. The van der Waals surface area contributed by atoms with Crippen molar-refractivity contribution in [3.05, 3.63) is 35.4 Å². The highest BCUT2D eigenvalue weighted by atomic mass is 35.5. The topological polar surface area (TPSA) is 24.1 Å². The summed E-state index contributed by atoms with van der Waals surface area (Å²) in [5.74, 6) is 0. The highest BCUT2D eigenvalue weighted by Crippen LogP contribution is 2.13. The van der Waals surface area contributed by atoms with Gasteiger partial charge in [-0.25, -0.2) is 0 Å². The zero-order chi connectivity index (χ0) is 17.0. The van der Waals surface area contributed by atoms with Crippen LogP contribution in [0.15, 0.2) is 24.3 Å². The standard InChI is InChI=1S/C21H34N2S.ClH/c1-2-3-4-5-6-7-8-9-10-18-11-13-19(14-12-18)21(24)23-20-15-16-22-17-20;/h11-14,20,22H,2-10,15-17H2,1H3,(H,23,24);1H/t20-;/m1./s1. The van der Waals surface area contributed by atoms with Crippen LogP contribution in [0.25, 0.3) is 0 Å². The van der Waals surface area contributed by atoms with E-state index >= 15 is 0 Å². The second-order valence-electron chi connectivity index (χ2n) is 7.08. The minimum atomic E-state index is 0. The maximum Gasteiger partial charge on any atom is 0.106 e.